The first kappa shape index (κ1) is 16.5. The number of carbonyl (C=O) groups is 1. The summed E-state index contributed by atoms with van der Waals surface area (Å²) in [6, 6.07) is 7.94. The number of hydrogen-bond donors (Lipinski definition) is 1. The molecule has 128 valence electrons. The summed E-state index contributed by atoms with van der Waals surface area (Å²) in [4.78, 5) is 14.5. The summed E-state index contributed by atoms with van der Waals surface area (Å²) in [5.41, 5.74) is 2.14. The number of nitrogens with zero attached hydrogens (tertiary/aromatic N) is 3. The van der Waals surface area contributed by atoms with Gasteiger partial charge in [-0.3, -0.25) is 14.4 Å². The number of hydrogen-bond acceptors (Lipinski definition) is 4. The average Bonchev–Trinajstić information content (AvgIpc) is 2.97. The highest BCUT2D eigenvalue weighted by atomic mass is 16.5. The van der Waals surface area contributed by atoms with Crippen molar-refractivity contribution in [3.63, 3.8) is 0 Å². The minimum atomic E-state index is -0.146. The second kappa shape index (κ2) is 7.05. The third kappa shape index (κ3) is 3.43. The smallest absolute Gasteiger partial charge is 0.237 e. The Bertz CT molecular complexity index is 707. The summed E-state index contributed by atoms with van der Waals surface area (Å²) in [5.74, 6) is 0.833. The molecule has 2 aromatic rings. The van der Waals surface area contributed by atoms with Gasteiger partial charge in [-0.2, -0.15) is 5.10 Å². The zero-order valence-electron chi connectivity index (χ0n) is 14.4. The number of rotatable bonds is 6. The molecule has 0 aliphatic carbocycles. The maximum Gasteiger partial charge on any atom is 0.237 e. The van der Waals surface area contributed by atoms with Gasteiger partial charge in [0.2, 0.25) is 5.91 Å². The molecule has 1 aliphatic heterocycles. The van der Waals surface area contributed by atoms with Crippen molar-refractivity contribution in [2.75, 3.05) is 20.2 Å². The van der Waals surface area contributed by atoms with Crippen LogP contribution in [0.15, 0.2) is 36.7 Å². The van der Waals surface area contributed by atoms with Crippen molar-refractivity contribution in [3.8, 4) is 5.75 Å². The summed E-state index contributed by atoms with van der Waals surface area (Å²) < 4.78 is 7.30. The van der Waals surface area contributed by atoms with E-state index in [2.05, 4.69) is 21.5 Å². The molecule has 1 aliphatic rings. The first-order valence-corrected chi connectivity index (χ1v) is 8.23. The number of para-hydroxylation sites is 1. The Hall–Kier alpha value is -2.34. The molecule has 6 nitrogen and oxygen atoms in total. The van der Waals surface area contributed by atoms with Crippen LogP contribution in [0.4, 0.5) is 0 Å². The number of ether oxygens (including phenoxy) is 1. The van der Waals surface area contributed by atoms with Crippen molar-refractivity contribution >= 4 is 5.91 Å². The van der Waals surface area contributed by atoms with Crippen LogP contribution in [0.5, 0.6) is 5.75 Å². The van der Waals surface area contributed by atoms with Crippen molar-refractivity contribution in [1.82, 2.24) is 20.0 Å². The molecule has 0 bridgehead atoms. The predicted molar refractivity (Wildman–Crippen MR) is 91.9 cm³/mol. The molecule has 1 aromatic heterocycles. The Kier molecular flexibility index (Phi) is 4.85. The molecule has 6 heteroatoms. The lowest BCUT2D eigenvalue weighted by molar-refractivity contribution is -0.128. The molecule has 1 atom stereocenters. The van der Waals surface area contributed by atoms with Crippen molar-refractivity contribution in [2.45, 2.75) is 32.5 Å². The fourth-order valence-corrected chi connectivity index (χ4v) is 2.95. The molecule has 1 saturated heterocycles. The van der Waals surface area contributed by atoms with E-state index in [0.29, 0.717) is 12.6 Å². The molecule has 1 unspecified atom stereocenters. The first-order valence-electron chi connectivity index (χ1n) is 8.23. The summed E-state index contributed by atoms with van der Waals surface area (Å²) in [6.45, 7) is 6.16. The maximum atomic E-state index is 12.4. The highest BCUT2D eigenvalue weighted by Gasteiger charge is 2.34. The van der Waals surface area contributed by atoms with E-state index in [1.54, 1.807) is 7.11 Å². The molecular formula is C18H24N4O2. The zero-order valence-corrected chi connectivity index (χ0v) is 14.4. The number of likely N-dealkylation sites (tertiary alicyclic amines) is 1. The van der Waals surface area contributed by atoms with E-state index in [1.807, 2.05) is 49.0 Å². The molecule has 1 amide bonds. The fourth-order valence-electron chi connectivity index (χ4n) is 2.95. The number of carbonyl (C=O) groups excluding carboxylic acids is 1. The van der Waals surface area contributed by atoms with Gasteiger partial charge >= 0.3 is 0 Å². The molecule has 1 aromatic carbocycles. The molecule has 0 radical (unpaired) electrons. The highest BCUT2D eigenvalue weighted by molar-refractivity contribution is 5.81. The van der Waals surface area contributed by atoms with Crippen molar-refractivity contribution in [3.05, 3.63) is 47.8 Å². The second-order valence-corrected chi connectivity index (χ2v) is 6.31. The van der Waals surface area contributed by atoms with Gasteiger partial charge in [0.1, 0.15) is 5.75 Å². The third-order valence-corrected chi connectivity index (χ3v) is 4.57. The van der Waals surface area contributed by atoms with E-state index in [4.69, 9.17) is 4.74 Å². The predicted octanol–water partition coefficient (Wildman–Crippen LogP) is 1.76. The molecule has 0 spiro atoms. The maximum absolute atomic E-state index is 12.4. The molecule has 3 rings (SSSR count). The molecule has 0 saturated carbocycles. The Labute approximate surface area is 142 Å². The summed E-state index contributed by atoms with van der Waals surface area (Å²) in [6.07, 6.45) is 3.92. The van der Waals surface area contributed by atoms with E-state index in [9.17, 15) is 4.79 Å². The number of amides is 1. The van der Waals surface area contributed by atoms with Crippen LogP contribution < -0.4 is 10.1 Å². The largest absolute Gasteiger partial charge is 0.496 e. The van der Waals surface area contributed by atoms with Crippen molar-refractivity contribution in [2.24, 2.45) is 0 Å². The number of nitrogens with one attached hydrogen (secondary N) is 1. The minimum absolute atomic E-state index is 0.0380. The fraction of sp³-hybridized carbons (Fsp3) is 0.444. The topological polar surface area (TPSA) is 59.4 Å². The van der Waals surface area contributed by atoms with Crippen molar-refractivity contribution in [1.29, 1.82) is 0 Å². The van der Waals surface area contributed by atoms with E-state index >= 15 is 0 Å². The van der Waals surface area contributed by atoms with Crippen molar-refractivity contribution < 1.29 is 9.53 Å². The van der Waals surface area contributed by atoms with Crippen LogP contribution in [-0.4, -0.2) is 46.8 Å². The zero-order chi connectivity index (χ0) is 17.1. The number of aryl methyl sites for hydroxylation is 1. The minimum Gasteiger partial charge on any atom is -0.496 e. The van der Waals surface area contributed by atoms with Gasteiger partial charge in [-0.15, -0.1) is 0 Å². The monoisotopic (exact) mass is 328 g/mol. The van der Waals surface area contributed by atoms with Gasteiger partial charge in [-0.25, -0.2) is 0 Å². The lowest BCUT2D eigenvalue weighted by Gasteiger charge is -2.42. The first-order chi connectivity index (χ1) is 11.6. The van der Waals surface area contributed by atoms with E-state index < -0.39 is 0 Å². The van der Waals surface area contributed by atoms with Gasteiger partial charge in [-0.1, -0.05) is 18.2 Å². The molecule has 1 fully saturated rings. The summed E-state index contributed by atoms with van der Waals surface area (Å²) in [7, 11) is 1.64. The highest BCUT2D eigenvalue weighted by Crippen LogP contribution is 2.23. The number of aromatic nitrogens is 2. The summed E-state index contributed by atoms with van der Waals surface area (Å²) in [5, 5.41) is 7.35. The van der Waals surface area contributed by atoms with Gasteiger partial charge in [-0.05, 0) is 25.5 Å². The molecule has 1 N–H and O–H groups in total. The van der Waals surface area contributed by atoms with Gasteiger partial charge in [0.15, 0.2) is 0 Å². The molecular weight excluding hydrogens is 304 g/mol. The van der Waals surface area contributed by atoms with Gasteiger partial charge in [0.25, 0.3) is 0 Å². The van der Waals surface area contributed by atoms with E-state index in [0.717, 1.165) is 30.0 Å². The average molecular weight is 328 g/mol. The Balaban J connectivity index is 1.49. The summed E-state index contributed by atoms with van der Waals surface area (Å²) >= 11 is 0. The number of benzene rings is 1. The van der Waals surface area contributed by atoms with Gasteiger partial charge in [0.05, 0.1) is 25.4 Å². The standard InChI is InChI=1S/C18H24N4O2/c1-13-8-20-22(10-13)16-11-21(12-16)14(2)18(23)19-9-15-6-4-5-7-17(15)24-3/h4-8,10,14,16H,9,11-12H2,1-3H3,(H,19,23). The number of methoxy groups -OCH3 is 1. The van der Waals surface area contributed by atoms with Crippen LogP contribution in [0, 0.1) is 6.92 Å². The normalized spacial score (nSPS) is 16.5. The van der Waals surface area contributed by atoms with Crippen LogP contribution in [0.25, 0.3) is 0 Å². The van der Waals surface area contributed by atoms with Gasteiger partial charge < -0.3 is 10.1 Å². The quantitative estimate of drug-likeness (QED) is 0.878. The Morgan fingerprint density at radius 1 is 1.42 bits per heavy atom. The molecule has 24 heavy (non-hydrogen) atoms. The van der Waals surface area contributed by atoms with E-state index in [1.165, 1.54) is 0 Å². The second-order valence-electron chi connectivity index (χ2n) is 6.31. The van der Waals surface area contributed by atoms with E-state index in [-0.39, 0.29) is 11.9 Å². The molecule has 2 heterocycles. The lowest BCUT2D eigenvalue weighted by Crippen LogP contribution is -2.56. The van der Waals surface area contributed by atoms with Crippen LogP contribution >= 0.6 is 0 Å². The van der Waals surface area contributed by atoms with Crippen LogP contribution in [-0.2, 0) is 11.3 Å². The van der Waals surface area contributed by atoms with Gasteiger partial charge in [0, 0.05) is 31.4 Å². The van der Waals surface area contributed by atoms with Crippen LogP contribution in [0.1, 0.15) is 24.1 Å². The Morgan fingerprint density at radius 2 is 2.17 bits per heavy atom. The van der Waals surface area contributed by atoms with Crippen LogP contribution in [0.2, 0.25) is 0 Å². The third-order valence-electron chi connectivity index (χ3n) is 4.57. The Morgan fingerprint density at radius 3 is 2.83 bits per heavy atom. The SMILES string of the molecule is COc1ccccc1CNC(=O)C(C)N1CC(n2cc(C)cn2)C1. The van der Waals surface area contributed by atoms with Crippen LogP contribution in [0.3, 0.4) is 0 Å². The lowest BCUT2D eigenvalue weighted by atomic mass is 10.1.